The summed E-state index contributed by atoms with van der Waals surface area (Å²) < 4.78 is 6.09. The quantitative estimate of drug-likeness (QED) is 0.410. The van der Waals surface area contributed by atoms with E-state index < -0.39 is 0 Å². The van der Waals surface area contributed by atoms with Gasteiger partial charge in [0.1, 0.15) is 11.3 Å². The van der Waals surface area contributed by atoms with Crippen LogP contribution in [0.15, 0.2) is 89.6 Å². The number of benzene rings is 3. The third-order valence-corrected chi connectivity index (χ3v) is 5.20. The Kier molecular flexibility index (Phi) is 4.47. The van der Waals surface area contributed by atoms with Crippen molar-refractivity contribution in [1.29, 1.82) is 0 Å². The highest BCUT2D eigenvalue weighted by Crippen LogP contribution is 2.32. The van der Waals surface area contributed by atoms with Gasteiger partial charge in [-0.2, -0.15) is 0 Å². The van der Waals surface area contributed by atoms with Crippen molar-refractivity contribution in [1.82, 2.24) is 4.98 Å². The average molecular weight is 379 g/mol. The van der Waals surface area contributed by atoms with Crippen LogP contribution >= 0.6 is 0 Å². The maximum Gasteiger partial charge on any atom is 0.137 e. The van der Waals surface area contributed by atoms with Crippen LogP contribution in [0.4, 0.5) is 5.69 Å². The van der Waals surface area contributed by atoms with Gasteiger partial charge in [-0.3, -0.25) is 4.98 Å². The average Bonchev–Trinajstić information content (AvgIpc) is 3.21. The smallest absolute Gasteiger partial charge is 0.137 e. The lowest BCUT2D eigenvalue weighted by Gasteiger charge is -2.10. The molecule has 0 unspecified atom stereocenters. The minimum absolute atomic E-state index is 0.559. The van der Waals surface area contributed by atoms with Gasteiger partial charge in [0, 0.05) is 47.5 Å². The fraction of sp³-hybridized carbons (Fsp3) is 0.0800. The third-order valence-electron chi connectivity index (χ3n) is 5.20. The number of anilines is 1. The van der Waals surface area contributed by atoms with Gasteiger partial charge in [0.05, 0.1) is 0 Å². The molecule has 0 spiro atoms. The molecule has 3 aromatic carbocycles. The fourth-order valence-electron chi connectivity index (χ4n) is 3.59. The Morgan fingerprint density at radius 3 is 2.48 bits per heavy atom. The van der Waals surface area contributed by atoms with Crippen LogP contribution in [-0.4, -0.2) is 4.98 Å². The summed E-state index contributed by atoms with van der Waals surface area (Å²) in [6.07, 6.45) is 3.77. The van der Waals surface area contributed by atoms with E-state index in [9.17, 15) is 0 Å². The van der Waals surface area contributed by atoms with E-state index in [-0.39, 0.29) is 0 Å². The van der Waals surface area contributed by atoms with Crippen molar-refractivity contribution in [2.75, 3.05) is 5.32 Å². The highest BCUT2D eigenvalue weighted by Gasteiger charge is 2.11. The van der Waals surface area contributed by atoms with Crippen LogP contribution < -0.4 is 11.1 Å². The molecule has 0 saturated carbocycles. The first-order valence-electron chi connectivity index (χ1n) is 9.69. The summed E-state index contributed by atoms with van der Waals surface area (Å²) in [5.41, 5.74) is 11.0. The van der Waals surface area contributed by atoms with Crippen molar-refractivity contribution in [3.05, 3.63) is 96.3 Å². The molecular formula is C25H21N3O. The molecule has 0 atom stereocenters. The van der Waals surface area contributed by atoms with E-state index in [2.05, 4.69) is 52.8 Å². The van der Waals surface area contributed by atoms with Gasteiger partial charge < -0.3 is 15.5 Å². The second-order valence-corrected chi connectivity index (χ2v) is 7.15. The number of nitrogens with zero attached hydrogens (tertiary/aromatic N) is 1. The molecular weight excluding hydrogens is 358 g/mol. The summed E-state index contributed by atoms with van der Waals surface area (Å²) in [7, 11) is 0. The Labute approximate surface area is 169 Å². The van der Waals surface area contributed by atoms with Crippen LogP contribution in [0, 0.1) is 0 Å². The molecule has 29 heavy (non-hydrogen) atoms. The standard InChI is InChI=1S/C25H21N3O/c26-13-17-6-9-21(10-7-17)28-14-18-5-8-20-15-27-16-23(22(20)11-18)25-12-19-3-1-2-4-24(19)29-25/h1-12,15-16,28H,13-14,26H2. The minimum atomic E-state index is 0.559. The molecule has 0 amide bonds. The molecule has 142 valence electrons. The number of nitrogens with one attached hydrogen (secondary N) is 1. The van der Waals surface area contributed by atoms with Crippen molar-refractivity contribution in [3.63, 3.8) is 0 Å². The molecule has 4 nitrogen and oxygen atoms in total. The molecule has 0 bridgehead atoms. The maximum absolute atomic E-state index is 6.09. The van der Waals surface area contributed by atoms with E-state index in [4.69, 9.17) is 10.2 Å². The zero-order chi connectivity index (χ0) is 19.6. The van der Waals surface area contributed by atoms with Gasteiger partial charge in [0.2, 0.25) is 0 Å². The van der Waals surface area contributed by atoms with Crippen LogP contribution in [0.2, 0.25) is 0 Å². The number of hydrogen-bond donors (Lipinski definition) is 2. The van der Waals surface area contributed by atoms with Crippen molar-refractivity contribution in [3.8, 4) is 11.3 Å². The van der Waals surface area contributed by atoms with Crippen LogP contribution in [-0.2, 0) is 13.1 Å². The number of para-hydroxylation sites is 1. The number of aromatic nitrogens is 1. The van der Waals surface area contributed by atoms with E-state index >= 15 is 0 Å². The highest BCUT2D eigenvalue weighted by atomic mass is 16.3. The predicted octanol–water partition coefficient (Wildman–Crippen LogP) is 5.72. The first-order chi connectivity index (χ1) is 14.3. The fourth-order valence-corrected chi connectivity index (χ4v) is 3.59. The summed E-state index contributed by atoms with van der Waals surface area (Å²) >= 11 is 0. The normalized spacial score (nSPS) is 11.2. The lowest BCUT2D eigenvalue weighted by molar-refractivity contribution is 0.632. The molecule has 3 N–H and O–H groups in total. The van der Waals surface area contributed by atoms with E-state index in [0.29, 0.717) is 6.54 Å². The van der Waals surface area contributed by atoms with Gasteiger partial charge in [0.15, 0.2) is 0 Å². The number of nitrogens with two attached hydrogens (primary N) is 1. The summed E-state index contributed by atoms with van der Waals surface area (Å²) in [5.74, 6) is 0.840. The SMILES string of the molecule is NCc1ccc(NCc2ccc3cncc(-c4cc5ccccc5o4)c3c2)cc1. The van der Waals surface area contributed by atoms with Crippen molar-refractivity contribution >= 4 is 27.4 Å². The zero-order valence-corrected chi connectivity index (χ0v) is 15.9. The molecule has 0 aliphatic carbocycles. The lowest BCUT2D eigenvalue weighted by atomic mass is 10.0. The summed E-state index contributed by atoms with van der Waals surface area (Å²) in [5, 5.41) is 6.81. The molecule has 5 rings (SSSR count). The van der Waals surface area contributed by atoms with Gasteiger partial charge in [0.25, 0.3) is 0 Å². The highest BCUT2D eigenvalue weighted by molar-refractivity contribution is 5.97. The Bertz CT molecular complexity index is 1260. The van der Waals surface area contributed by atoms with Gasteiger partial charge in [-0.15, -0.1) is 0 Å². The first kappa shape index (κ1) is 17.5. The second-order valence-electron chi connectivity index (χ2n) is 7.15. The van der Waals surface area contributed by atoms with E-state index in [1.165, 1.54) is 5.56 Å². The van der Waals surface area contributed by atoms with Gasteiger partial charge in [-0.25, -0.2) is 0 Å². The Morgan fingerprint density at radius 2 is 1.66 bits per heavy atom. The monoisotopic (exact) mass is 379 g/mol. The van der Waals surface area contributed by atoms with Crippen LogP contribution in [0.3, 0.4) is 0 Å². The Hall–Kier alpha value is -3.63. The first-order valence-corrected chi connectivity index (χ1v) is 9.69. The van der Waals surface area contributed by atoms with Crippen LogP contribution in [0.1, 0.15) is 11.1 Å². The molecule has 5 aromatic rings. The molecule has 4 heteroatoms. The molecule has 2 aromatic heterocycles. The van der Waals surface area contributed by atoms with Crippen molar-refractivity contribution in [2.45, 2.75) is 13.1 Å². The third kappa shape index (κ3) is 3.46. The number of hydrogen-bond acceptors (Lipinski definition) is 4. The number of furan rings is 1. The molecule has 0 aliphatic heterocycles. The number of rotatable bonds is 5. The Balaban J connectivity index is 1.47. The summed E-state index contributed by atoms with van der Waals surface area (Å²) in [4.78, 5) is 4.41. The maximum atomic E-state index is 6.09. The van der Waals surface area contributed by atoms with E-state index in [1.807, 2.05) is 42.7 Å². The van der Waals surface area contributed by atoms with Gasteiger partial charge in [-0.05, 0) is 46.8 Å². The van der Waals surface area contributed by atoms with Crippen molar-refractivity contribution < 1.29 is 4.42 Å². The predicted molar refractivity (Wildman–Crippen MR) is 119 cm³/mol. The van der Waals surface area contributed by atoms with Crippen molar-refractivity contribution in [2.24, 2.45) is 5.73 Å². The number of fused-ring (bicyclic) bond motifs is 2. The largest absolute Gasteiger partial charge is 0.456 e. The van der Waals surface area contributed by atoms with E-state index in [0.717, 1.165) is 50.9 Å². The minimum Gasteiger partial charge on any atom is -0.456 e. The van der Waals surface area contributed by atoms with Gasteiger partial charge >= 0.3 is 0 Å². The molecule has 0 aliphatic rings. The molecule has 0 fully saturated rings. The van der Waals surface area contributed by atoms with Crippen LogP contribution in [0.25, 0.3) is 33.1 Å². The van der Waals surface area contributed by atoms with Gasteiger partial charge in [-0.1, -0.05) is 42.5 Å². The van der Waals surface area contributed by atoms with Crippen LogP contribution in [0.5, 0.6) is 0 Å². The zero-order valence-electron chi connectivity index (χ0n) is 15.9. The van der Waals surface area contributed by atoms with E-state index in [1.54, 1.807) is 0 Å². The molecule has 0 saturated heterocycles. The molecule has 0 radical (unpaired) electrons. The molecule has 2 heterocycles. The topological polar surface area (TPSA) is 64.1 Å². The lowest BCUT2D eigenvalue weighted by Crippen LogP contribution is -2.00. The summed E-state index contributed by atoms with van der Waals surface area (Å²) in [6, 6.07) is 24.8. The Morgan fingerprint density at radius 1 is 0.828 bits per heavy atom. The second kappa shape index (κ2) is 7.41. The number of pyridine rings is 1. The summed E-state index contributed by atoms with van der Waals surface area (Å²) in [6.45, 7) is 1.30.